The van der Waals surface area contributed by atoms with Crippen LogP contribution in [0.15, 0.2) is 11.4 Å². The minimum Gasteiger partial charge on any atom is -0.349 e. The van der Waals surface area contributed by atoms with Crippen LogP contribution < -0.4 is 5.32 Å². The van der Waals surface area contributed by atoms with E-state index in [9.17, 15) is 9.59 Å². The summed E-state index contributed by atoms with van der Waals surface area (Å²) in [7, 11) is 3.55. The molecule has 1 aliphatic carbocycles. The molecule has 4 nitrogen and oxygen atoms in total. The number of amides is 2. The van der Waals surface area contributed by atoms with E-state index in [0.717, 1.165) is 19.3 Å². The largest absolute Gasteiger partial charge is 0.349 e. The molecule has 2 amide bonds. The highest BCUT2D eigenvalue weighted by atomic mass is 35.5. The third-order valence-electron chi connectivity index (χ3n) is 3.62. The Morgan fingerprint density at radius 3 is 2.75 bits per heavy atom. The summed E-state index contributed by atoms with van der Waals surface area (Å²) < 4.78 is 0. The molecule has 6 heteroatoms. The van der Waals surface area contributed by atoms with Gasteiger partial charge in [0.1, 0.15) is 4.88 Å². The Kier molecular flexibility index (Phi) is 5.05. The highest BCUT2D eigenvalue weighted by Gasteiger charge is 2.29. The molecule has 1 aromatic heterocycles. The molecular formula is C14H19ClN2O2S. The SMILES string of the molecule is CN(C)C(=O)[C@@H]1CCC[C@@H](NC(=O)c2sccc2Cl)C1. The van der Waals surface area contributed by atoms with Crippen molar-refractivity contribution in [1.82, 2.24) is 10.2 Å². The second-order valence-corrected chi connectivity index (χ2v) is 6.69. The molecular weight excluding hydrogens is 296 g/mol. The third-order valence-corrected chi connectivity index (χ3v) is 4.96. The monoisotopic (exact) mass is 314 g/mol. The highest BCUT2D eigenvalue weighted by molar-refractivity contribution is 7.12. The first-order chi connectivity index (χ1) is 9.49. The van der Waals surface area contributed by atoms with Crippen molar-refractivity contribution >= 4 is 34.8 Å². The molecule has 0 radical (unpaired) electrons. The maximum absolute atomic E-state index is 12.1. The van der Waals surface area contributed by atoms with Gasteiger partial charge in [0.2, 0.25) is 5.91 Å². The molecule has 1 N–H and O–H groups in total. The summed E-state index contributed by atoms with van der Waals surface area (Å²) in [6, 6.07) is 1.78. The van der Waals surface area contributed by atoms with Crippen LogP contribution in [-0.4, -0.2) is 36.9 Å². The van der Waals surface area contributed by atoms with Crippen molar-refractivity contribution < 1.29 is 9.59 Å². The van der Waals surface area contributed by atoms with Crippen LogP contribution in [0.25, 0.3) is 0 Å². The van der Waals surface area contributed by atoms with Gasteiger partial charge in [-0.05, 0) is 30.7 Å². The van der Waals surface area contributed by atoms with E-state index in [1.54, 1.807) is 30.4 Å². The van der Waals surface area contributed by atoms with Gasteiger partial charge in [-0.1, -0.05) is 18.0 Å². The van der Waals surface area contributed by atoms with Gasteiger partial charge in [0, 0.05) is 26.1 Å². The lowest BCUT2D eigenvalue weighted by atomic mass is 9.85. The molecule has 110 valence electrons. The fraction of sp³-hybridized carbons (Fsp3) is 0.571. The van der Waals surface area contributed by atoms with Crippen molar-refractivity contribution in [2.24, 2.45) is 5.92 Å². The average Bonchev–Trinajstić information content (AvgIpc) is 2.84. The van der Waals surface area contributed by atoms with E-state index in [4.69, 9.17) is 11.6 Å². The topological polar surface area (TPSA) is 49.4 Å². The van der Waals surface area contributed by atoms with Gasteiger partial charge in [-0.25, -0.2) is 0 Å². The van der Waals surface area contributed by atoms with E-state index in [0.29, 0.717) is 16.3 Å². The Morgan fingerprint density at radius 1 is 1.40 bits per heavy atom. The Bertz CT molecular complexity index is 501. The molecule has 1 aromatic rings. The van der Waals surface area contributed by atoms with Gasteiger partial charge in [-0.2, -0.15) is 0 Å². The number of hydrogen-bond donors (Lipinski definition) is 1. The second-order valence-electron chi connectivity index (χ2n) is 5.36. The Morgan fingerprint density at radius 2 is 2.15 bits per heavy atom. The molecule has 1 aliphatic rings. The fourth-order valence-corrected chi connectivity index (χ4v) is 3.66. The lowest BCUT2D eigenvalue weighted by Gasteiger charge is -2.30. The minimum absolute atomic E-state index is 0.0165. The third kappa shape index (κ3) is 3.52. The molecule has 0 spiro atoms. The number of rotatable bonds is 3. The normalized spacial score (nSPS) is 22.4. The molecule has 2 atom stereocenters. The van der Waals surface area contributed by atoms with Gasteiger partial charge in [0.15, 0.2) is 0 Å². The highest BCUT2D eigenvalue weighted by Crippen LogP contribution is 2.27. The van der Waals surface area contributed by atoms with Crippen LogP contribution >= 0.6 is 22.9 Å². The van der Waals surface area contributed by atoms with Gasteiger partial charge >= 0.3 is 0 Å². The number of nitrogens with one attached hydrogen (secondary N) is 1. The van der Waals surface area contributed by atoms with Gasteiger partial charge in [0.05, 0.1) is 5.02 Å². The van der Waals surface area contributed by atoms with Crippen molar-refractivity contribution in [3.63, 3.8) is 0 Å². The van der Waals surface area contributed by atoms with Crippen LogP contribution in [0.4, 0.5) is 0 Å². The van der Waals surface area contributed by atoms with E-state index in [-0.39, 0.29) is 23.8 Å². The van der Waals surface area contributed by atoms with Gasteiger partial charge < -0.3 is 10.2 Å². The molecule has 2 rings (SSSR count). The lowest BCUT2D eigenvalue weighted by molar-refractivity contribution is -0.134. The van der Waals surface area contributed by atoms with E-state index in [1.165, 1.54) is 11.3 Å². The lowest BCUT2D eigenvalue weighted by Crippen LogP contribution is -2.42. The summed E-state index contributed by atoms with van der Waals surface area (Å²) in [5.41, 5.74) is 0. The fourth-order valence-electron chi connectivity index (χ4n) is 2.62. The summed E-state index contributed by atoms with van der Waals surface area (Å²) in [6.07, 6.45) is 3.51. The zero-order valence-corrected chi connectivity index (χ0v) is 13.3. The predicted molar refractivity (Wildman–Crippen MR) is 81.2 cm³/mol. The molecule has 20 heavy (non-hydrogen) atoms. The number of carbonyl (C=O) groups excluding carboxylic acids is 2. The van der Waals surface area contributed by atoms with Crippen molar-refractivity contribution in [2.75, 3.05) is 14.1 Å². The number of nitrogens with zero attached hydrogens (tertiary/aromatic N) is 1. The molecule has 1 heterocycles. The van der Waals surface area contributed by atoms with E-state index < -0.39 is 0 Å². The first-order valence-corrected chi connectivity index (χ1v) is 8.00. The Hall–Kier alpha value is -1.07. The summed E-state index contributed by atoms with van der Waals surface area (Å²) in [4.78, 5) is 26.3. The Labute approximate surface area is 128 Å². The molecule has 0 bridgehead atoms. The molecule has 0 saturated heterocycles. The molecule has 0 aromatic carbocycles. The van der Waals surface area contributed by atoms with Crippen molar-refractivity contribution in [3.8, 4) is 0 Å². The quantitative estimate of drug-likeness (QED) is 0.932. The van der Waals surface area contributed by atoms with Crippen molar-refractivity contribution in [1.29, 1.82) is 0 Å². The van der Waals surface area contributed by atoms with E-state index in [1.807, 2.05) is 0 Å². The Balaban J connectivity index is 1.95. The van der Waals surface area contributed by atoms with Crippen LogP contribution in [0.1, 0.15) is 35.4 Å². The summed E-state index contributed by atoms with van der Waals surface area (Å²) in [6.45, 7) is 0. The smallest absolute Gasteiger partial charge is 0.263 e. The standard InChI is InChI=1S/C14H19ClN2O2S/c1-17(2)14(19)9-4-3-5-10(8-9)16-13(18)12-11(15)6-7-20-12/h6-7,9-10H,3-5,8H2,1-2H3,(H,16,18)/t9-,10-/m1/s1. The predicted octanol–water partition coefficient (Wildman–Crippen LogP) is 2.78. The minimum atomic E-state index is -0.132. The van der Waals surface area contributed by atoms with E-state index in [2.05, 4.69) is 5.32 Å². The van der Waals surface area contributed by atoms with Gasteiger partial charge in [0.25, 0.3) is 5.91 Å². The maximum Gasteiger partial charge on any atom is 0.263 e. The van der Waals surface area contributed by atoms with Crippen LogP contribution in [0.5, 0.6) is 0 Å². The van der Waals surface area contributed by atoms with Crippen molar-refractivity contribution in [2.45, 2.75) is 31.7 Å². The molecule has 1 fully saturated rings. The number of carbonyl (C=O) groups is 2. The maximum atomic E-state index is 12.1. The van der Waals surface area contributed by atoms with Crippen LogP contribution in [0.2, 0.25) is 5.02 Å². The number of hydrogen-bond acceptors (Lipinski definition) is 3. The van der Waals surface area contributed by atoms with Crippen LogP contribution in [-0.2, 0) is 4.79 Å². The number of halogens is 1. The average molecular weight is 315 g/mol. The first-order valence-electron chi connectivity index (χ1n) is 6.74. The molecule has 0 aliphatic heterocycles. The zero-order valence-electron chi connectivity index (χ0n) is 11.7. The van der Waals surface area contributed by atoms with Gasteiger partial charge in [-0.3, -0.25) is 9.59 Å². The van der Waals surface area contributed by atoms with Crippen LogP contribution in [0, 0.1) is 5.92 Å². The van der Waals surface area contributed by atoms with Crippen molar-refractivity contribution in [3.05, 3.63) is 21.3 Å². The number of thiophene rings is 1. The molecule has 1 saturated carbocycles. The second kappa shape index (κ2) is 6.59. The summed E-state index contributed by atoms with van der Waals surface area (Å²) in [5.74, 6) is 0.0360. The van der Waals surface area contributed by atoms with Gasteiger partial charge in [-0.15, -0.1) is 11.3 Å². The van der Waals surface area contributed by atoms with Crippen LogP contribution in [0.3, 0.4) is 0 Å². The molecule has 0 unspecified atom stereocenters. The zero-order chi connectivity index (χ0) is 14.7. The first kappa shape index (κ1) is 15.3. The summed E-state index contributed by atoms with van der Waals surface area (Å²) in [5, 5.41) is 5.29. The summed E-state index contributed by atoms with van der Waals surface area (Å²) >= 11 is 7.30. The van der Waals surface area contributed by atoms with E-state index >= 15 is 0 Å².